The van der Waals surface area contributed by atoms with E-state index in [1.807, 2.05) is 0 Å². The number of piperidine rings is 1. The number of sulfonamides is 1. The minimum atomic E-state index is -3.87. The van der Waals surface area contributed by atoms with Gasteiger partial charge in [-0.05, 0) is 18.9 Å². The molecule has 1 saturated heterocycles. The summed E-state index contributed by atoms with van der Waals surface area (Å²) < 4.78 is 31.6. The Hall–Kier alpha value is -1.71. The van der Waals surface area contributed by atoms with E-state index in [2.05, 4.69) is 0 Å². The summed E-state index contributed by atoms with van der Waals surface area (Å²) in [7, 11) is -2.55. The fourth-order valence-corrected chi connectivity index (χ4v) is 4.02. The van der Waals surface area contributed by atoms with Gasteiger partial charge in [0, 0.05) is 31.3 Å². The standard InChI is InChI=1S/C12H17N3O5S/c1-20-11-5-4-10(15(16)17)7-12(11)21(18,19)14-6-2-3-9(13)8-14/h4-5,7,9H,2-3,6,8,13H2,1H3. The maximum Gasteiger partial charge on any atom is 0.271 e. The summed E-state index contributed by atoms with van der Waals surface area (Å²) in [6.07, 6.45) is 1.43. The molecule has 1 aromatic carbocycles. The van der Waals surface area contributed by atoms with Crippen molar-refractivity contribution in [1.29, 1.82) is 0 Å². The first kappa shape index (κ1) is 15.7. The summed E-state index contributed by atoms with van der Waals surface area (Å²) in [5.41, 5.74) is 5.51. The molecule has 1 aromatic rings. The van der Waals surface area contributed by atoms with E-state index in [0.29, 0.717) is 13.0 Å². The molecule has 1 aliphatic heterocycles. The van der Waals surface area contributed by atoms with Crippen LogP contribution in [0.3, 0.4) is 0 Å². The van der Waals surface area contributed by atoms with Crippen LogP contribution in [-0.2, 0) is 10.0 Å². The van der Waals surface area contributed by atoms with Crippen molar-refractivity contribution in [3.05, 3.63) is 28.3 Å². The Morgan fingerprint density at radius 2 is 2.19 bits per heavy atom. The molecule has 9 heteroatoms. The molecular formula is C12H17N3O5S. The summed E-state index contributed by atoms with van der Waals surface area (Å²) in [6, 6.07) is 3.29. The number of ether oxygens (including phenoxy) is 1. The second-order valence-electron chi connectivity index (χ2n) is 4.86. The minimum absolute atomic E-state index is 0.0831. The van der Waals surface area contributed by atoms with Gasteiger partial charge in [0.1, 0.15) is 10.6 Å². The highest BCUT2D eigenvalue weighted by Crippen LogP contribution is 2.31. The largest absolute Gasteiger partial charge is 0.495 e. The average molecular weight is 315 g/mol. The van der Waals surface area contributed by atoms with Crippen molar-refractivity contribution in [3.63, 3.8) is 0 Å². The highest BCUT2D eigenvalue weighted by atomic mass is 32.2. The molecule has 0 aromatic heterocycles. The fraction of sp³-hybridized carbons (Fsp3) is 0.500. The van der Waals surface area contributed by atoms with E-state index < -0.39 is 14.9 Å². The topological polar surface area (TPSA) is 116 Å². The zero-order chi connectivity index (χ0) is 15.6. The van der Waals surface area contributed by atoms with Gasteiger partial charge in [-0.3, -0.25) is 10.1 Å². The van der Waals surface area contributed by atoms with Crippen molar-refractivity contribution in [1.82, 2.24) is 4.31 Å². The predicted octanol–water partition coefficient (Wildman–Crippen LogP) is 0.715. The third-order valence-electron chi connectivity index (χ3n) is 3.40. The van der Waals surface area contributed by atoms with Crippen LogP contribution in [0.5, 0.6) is 5.75 Å². The van der Waals surface area contributed by atoms with Crippen molar-refractivity contribution in [3.8, 4) is 5.75 Å². The van der Waals surface area contributed by atoms with Gasteiger partial charge in [-0.25, -0.2) is 8.42 Å². The Bertz CT molecular complexity index is 646. The van der Waals surface area contributed by atoms with E-state index in [9.17, 15) is 18.5 Å². The molecule has 0 aliphatic carbocycles. The first-order valence-corrected chi connectivity index (χ1v) is 7.88. The number of non-ortho nitro benzene ring substituents is 1. The molecule has 1 fully saturated rings. The molecule has 0 radical (unpaired) electrons. The normalized spacial score (nSPS) is 20.2. The second kappa shape index (κ2) is 5.96. The van der Waals surface area contributed by atoms with Crippen LogP contribution in [0.15, 0.2) is 23.1 Å². The Kier molecular flexibility index (Phi) is 4.45. The number of hydrogen-bond acceptors (Lipinski definition) is 6. The Morgan fingerprint density at radius 3 is 2.76 bits per heavy atom. The first-order valence-electron chi connectivity index (χ1n) is 6.44. The van der Waals surface area contributed by atoms with E-state index in [1.165, 1.54) is 23.5 Å². The SMILES string of the molecule is COc1ccc([N+](=O)[O-])cc1S(=O)(=O)N1CCCC(N)C1. The monoisotopic (exact) mass is 315 g/mol. The van der Waals surface area contributed by atoms with Crippen LogP contribution in [0.1, 0.15) is 12.8 Å². The summed E-state index contributed by atoms with van der Waals surface area (Å²) in [4.78, 5) is 10.0. The van der Waals surface area contributed by atoms with Crippen LogP contribution in [0.2, 0.25) is 0 Å². The van der Waals surface area contributed by atoms with E-state index in [-0.39, 0.29) is 28.9 Å². The number of benzene rings is 1. The summed E-state index contributed by atoms with van der Waals surface area (Å²) in [5.74, 6) is 0.0831. The zero-order valence-corrected chi connectivity index (χ0v) is 12.4. The van der Waals surface area contributed by atoms with Crippen molar-refractivity contribution < 1.29 is 18.1 Å². The van der Waals surface area contributed by atoms with Crippen LogP contribution in [-0.4, -0.2) is 43.9 Å². The van der Waals surface area contributed by atoms with Crippen molar-refractivity contribution in [2.75, 3.05) is 20.2 Å². The molecule has 2 rings (SSSR count). The van der Waals surface area contributed by atoms with Crippen LogP contribution in [0.4, 0.5) is 5.69 Å². The fourth-order valence-electron chi connectivity index (χ4n) is 2.31. The van der Waals surface area contributed by atoms with Gasteiger partial charge in [-0.1, -0.05) is 0 Å². The quantitative estimate of drug-likeness (QED) is 0.646. The summed E-state index contributed by atoms with van der Waals surface area (Å²) in [6.45, 7) is 0.552. The molecule has 1 unspecified atom stereocenters. The lowest BCUT2D eigenvalue weighted by Gasteiger charge is -2.30. The molecule has 0 spiro atoms. The molecule has 1 atom stereocenters. The smallest absolute Gasteiger partial charge is 0.271 e. The molecule has 1 heterocycles. The number of nitrogens with zero attached hydrogens (tertiary/aromatic N) is 2. The molecule has 0 bridgehead atoms. The van der Waals surface area contributed by atoms with Gasteiger partial charge in [-0.15, -0.1) is 0 Å². The number of nitro benzene ring substituents is 1. The van der Waals surface area contributed by atoms with Gasteiger partial charge in [0.05, 0.1) is 12.0 Å². The lowest BCUT2D eigenvalue weighted by molar-refractivity contribution is -0.385. The van der Waals surface area contributed by atoms with Gasteiger partial charge in [-0.2, -0.15) is 4.31 Å². The molecule has 116 valence electrons. The van der Waals surface area contributed by atoms with Crippen LogP contribution in [0, 0.1) is 10.1 Å². The minimum Gasteiger partial charge on any atom is -0.495 e. The maximum absolute atomic E-state index is 12.7. The number of nitro groups is 1. The van der Waals surface area contributed by atoms with Gasteiger partial charge in [0.15, 0.2) is 0 Å². The summed E-state index contributed by atoms with van der Waals surface area (Å²) in [5, 5.41) is 10.8. The van der Waals surface area contributed by atoms with E-state index in [4.69, 9.17) is 10.5 Å². The predicted molar refractivity (Wildman–Crippen MR) is 75.6 cm³/mol. The molecule has 2 N–H and O–H groups in total. The molecular weight excluding hydrogens is 298 g/mol. The van der Waals surface area contributed by atoms with Gasteiger partial charge in [0.25, 0.3) is 5.69 Å². The number of hydrogen-bond donors (Lipinski definition) is 1. The van der Waals surface area contributed by atoms with Crippen LogP contribution in [0.25, 0.3) is 0 Å². The van der Waals surface area contributed by atoms with E-state index in [0.717, 1.165) is 12.5 Å². The molecule has 8 nitrogen and oxygen atoms in total. The lowest BCUT2D eigenvalue weighted by atomic mass is 10.1. The number of nitrogens with two attached hydrogens (primary N) is 1. The first-order chi connectivity index (χ1) is 9.86. The Labute approximate surface area is 122 Å². The van der Waals surface area contributed by atoms with E-state index in [1.54, 1.807) is 0 Å². The molecule has 0 amide bonds. The zero-order valence-electron chi connectivity index (χ0n) is 11.6. The number of methoxy groups -OCH3 is 1. The second-order valence-corrected chi connectivity index (χ2v) is 6.76. The highest BCUT2D eigenvalue weighted by molar-refractivity contribution is 7.89. The lowest BCUT2D eigenvalue weighted by Crippen LogP contribution is -2.45. The van der Waals surface area contributed by atoms with Crippen LogP contribution >= 0.6 is 0 Å². The Balaban J connectivity index is 2.47. The van der Waals surface area contributed by atoms with Crippen molar-refractivity contribution >= 4 is 15.7 Å². The third kappa shape index (κ3) is 3.14. The van der Waals surface area contributed by atoms with Crippen molar-refractivity contribution in [2.45, 2.75) is 23.8 Å². The van der Waals surface area contributed by atoms with Gasteiger partial charge >= 0.3 is 0 Å². The van der Waals surface area contributed by atoms with Gasteiger partial charge < -0.3 is 10.5 Å². The average Bonchev–Trinajstić information content (AvgIpc) is 2.46. The van der Waals surface area contributed by atoms with E-state index >= 15 is 0 Å². The van der Waals surface area contributed by atoms with Crippen LogP contribution < -0.4 is 10.5 Å². The summed E-state index contributed by atoms with van der Waals surface area (Å²) >= 11 is 0. The Morgan fingerprint density at radius 1 is 1.48 bits per heavy atom. The van der Waals surface area contributed by atoms with Gasteiger partial charge in [0.2, 0.25) is 10.0 Å². The van der Waals surface area contributed by atoms with Crippen molar-refractivity contribution in [2.24, 2.45) is 5.73 Å². The maximum atomic E-state index is 12.7. The third-order valence-corrected chi connectivity index (χ3v) is 5.28. The highest BCUT2D eigenvalue weighted by Gasteiger charge is 2.32. The molecule has 21 heavy (non-hydrogen) atoms. The number of rotatable bonds is 4. The molecule has 0 saturated carbocycles. The molecule has 1 aliphatic rings.